The molecule has 5 nitrogen and oxygen atoms in total. The summed E-state index contributed by atoms with van der Waals surface area (Å²) in [4.78, 5) is 20.1. The molecule has 1 amide bonds. The number of benzene rings is 1. The lowest BCUT2D eigenvalue weighted by Gasteiger charge is -2.35. The fraction of sp³-hybridized carbons (Fsp3) is 0.462. The van der Waals surface area contributed by atoms with Crippen molar-refractivity contribution in [3.63, 3.8) is 0 Å². The van der Waals surface area contributed by atoms with Crippen molar-refractivity contribution in [2.75, 3.05) is 20.2 Å². The van der Waals surface area contributed by atoms with E-state index in [0.717, 1.165) is 63.9 Å². The molecule has 0 spiro atoms. The highest BCUT2D eigenvalue weighted by atomic mass is 32.1. The molecule has 1 aliphatic heterocycles. The van der Waals surface area contributed by atoms with Crippen LogP contribution in [0.5, 0.6) is 5.75 Å². The molecular formula is C26H31N3O2S. The van der Waals surface area contributed by atoms with Crippen LogP contribution in [0.25, 0.3) is 0 Å². The van der Waals surface area contributed by atoms with Crippen molar-refractivity contribution in [3.05, 3.63) is 69.9 Å². The minimum Gasteiger partial charge on any atom is -0.496 e. The van der Waals surface area contributed by atoms with Crippen LogP contribution in [0.3, 0.4) is 0 Å². The topological polar surface area (TPSA) is 47.4 Å². The third kappa shape index (κ3) is 4.33. The molecule has 1 atom stereocenters. The van der Waals surface area contributed by atoms with E-state index in [1.165, 1.54) is 22.5 Å². The van der Waals surface area contributed by atoms with Crippen LogP contribution >= 0.6 is 11.3 Å². The number of amides is 1. The number of hydrogen-bond acceptors (Lipinski definition) is 4. The minimum absolute atomic E-state index is 0.0722. The summed E-state index contributed by atoms with van der Waals surface area (Å²) in [6.07, 6.45) is 9.75. The summed E-state index contributed by atoms with van der Waals surface area (Å²) in [6.45, 7) is 2.63. The number of rotatable bonds is 6. The Bertz CT molecular complexity index is 1040. The van der Waals surface area contributed by atoms with Gasteiger partial charge in [0.05, 0.1) is 7.11 Å². The highest BCUT2D eigenvalue weighted by Gasteiger charge is 2.33. The van der Waals surface area contributed by atoms with Gasteiger partial charge in [0, 0.05) is 43.9 Å². The highest BCUT2D eigenvalue weighted by Crippen LogP contribution is 2.34. The molecule has 0 radical (unpaired) electrons. The Kier molecular flexibility index (Phi) is 6.30. The smallest absolute Gasteiger partial charge is 0.226 e. The Morgan fingerprint density at radius 2 is 2.09 bits per heavy atom. The van der Waals surface area contributed by atoms with Crippen LogP contribution in [-0.2, 0) is 30.6 Å². The average Bonchev–Trinajstić information content (AvgIpc) is 3.53. The number of imidazole rings is 1. The summed E-state index contributed by atoms with van der Waals surface area (Å²) in [5, 5.41) is 4.36. The molecule has 3 heterocycles. The molecule has 1 aromatic carbocycles. The molecule has 1 saturated heterocycles. The van der Waals surface area contributed by atoms with Crippen molar-refractivity contribution in [2.45, 2.75) is 51.0 Å². The van der Waals surface area contributed by atoms with Gasteiger partial charge < -0.3 is 14.2 Å². The van der Waals surface area contributed by atoms with Crippen LogP contribution in [0.15, 0.2) is 47.4 Å². The highest BCUT2D eigenvalue weighted by molar-refractivity contribution is 7.07. The monoisotopic (exact) mass is 449 g/mol. The molecule has 168 valence electrons. The molecule has 2 aliphatic rings. The van der Waals surface area contributed by atoms with Crippen LogP contribution in [0.4, 0.5) is 0 Å². The SMILES string of the molecule is COc1cccc2c1CC(C(=O)N1CCC(c3nccn3CCc3ccsc3)CC1)CC2. The third-order valence-corrected chi connectivity index (χ3v) is 7.88. The van der Waals surface area contributed by atoms with Crippen LogP contribution in [0, 0.1) is 5.92 Å². The first-order chi connectivity index (χ1) is 15.7. The quantitative estimate of drug-likeness (QED) is 0.548. The van der Waals surface area contributed by atoms with E-state index in [1.54, 1.807) is 18.4 Å². The van der Waals surface area contributed by atoms with Gasteiger partial charge in [0.2, 0.25) is 5.91 Å². The van der Waals surface area contributed by atoms with Gasteiger partial charge in [0.25, 0.3) is 0 Å². The number of aromatic nitrogens is 2. The first-order valence-electron chi connectivity index (χ1n) is 11.7. The molecule has 32 heavy (non-hydrogen) atoms. The molecule has 0 N–H and O–H groups in total. The Morgan fingerprint density at radius 1 is 1.22 bits per heavy atom. The normalized spacial score (nSPS) is 19.0. The average molecular weight is 450 g/mol. The summed E-state index contributed by atoms with van der Waals surface area (Å²) in [5.41, 5.74) is 3.95. The van der Waals surface area contributed by atoms with E-state index in [9.17, 15) is 4.79 Å². The van der Waals surface area contributed by atoms with E-state index in [1.807, 2.05) is 12.3 Å². The lowest BCUT2D eigenvalue weighted by molar-refractivity contribution is -0.137. The van der Waals surface area contributed by atoms with Gasteiger partial charge in [-0.15, -0.1) is 0 Å². The van der Waals surface area contributed by atoms with E-state index in [4.69, 9.17) is 9.72 Å². The Labute approximate surface area is 194 Å². The number of nitrogens with zero attached hydrogens (tertiary/aromatic N) is 3. The van der Waals surface area contributed by atoms with Crippen molar-refractivity contribution in [1.29, 1.82) is 0 Å². The van der Waals surface area contributed by atoms with Crippen molar-refractivity contribution in [2.24, 2.45) is 5.92 Å². The van der Waals surface area contributed by atoms with Crippen LogP contribution in [0.1, 0.15) is 47.7 Å². The molecular weight excluding hydrogens is 418 g/mol. The second-order valence-corrected chi connectivity index (χ2v) is 9.78. The first-order valence-corrected chi connectivity index (χ1v) is 12.6. The van der Waals surface area contributed by atoms with Crippen molar-refractivity contribution in [3.8, 4) is 5.75 Å². The number of carbonyl (C=O) groups excluding carboxylic acids is 1. The maximum absolute atomic E-state index is 13.3. The Hall–Kier alpha value is -2.60. The Balaban J connectivity index is 1.18. The van der Waals surface area contributed by atoms with E-state index >= 15 is 0 Å². The molecule has 1 fully saturated rings. The van der Waals surface area contributed by atoms with Gasteiger partial charge in [0.15, 0.2) is 0 Å². The molecule has 0 bridgehead atoms. The molecule has 6 heteroatoms. The Morgan fingerprint density at radius 3 is 2.88 bits per heavy atom. The lowest BCUT2D eigenvalue weighted by Crippen LogP contribution is -2.43. The van der Waals surface area contributed by atoms with Crippen LogP contribution < -0.4 is 4.74 Å². The van der Waals surface area contributed by atoms with Gasteiger partial charge in [0.1, 0.15) is 11.6 Å². The summed E-state index contributed by atoms with van der Waals surface area (Å²) in [6, 6.07) is 8.43. The van der Waals surface area contributed by atoms with Crippen molar-refractivity contribution >= 4 is 17.2 Å². The van der Waals surface area contributed by atoms with Crippen LogP contribution in [0.2, 0.25) is 0 Å². The molecule has 1 unspecified atom stereocenters. The standard InChI is InChI=1S/C26H31N3O2S/c1-31-24-4-2-3-20-5-6-22(17-23(20)24)26(30)29-13-8-21(9-14-29)25-27-11-15-28(25)12-7-19-10-16-32-18-19/h2-4,10-11,15-16,18,21-22H,5-9,12-14,17H2,1H3. The number of likely N-dealkylation sites (tertiary alicyclic amines) is 1. The predicted molar refractivity (Wildman–Crippen MR) is 127 cm³/mol. The number of carbonyl (C=O) groups is 1. The minimum atomic E-state index is 0.0722. The fourth-order valence-electron chi connectivity index (χ4n) is 5.33. The number of piperidine rings is 1. The van der Waals surface area contributed by atoms with Gasteiger partial charge in [-0.3, -0.25) is 4.79 Å². The van der Waals surface area contributed by atoms with E-state index in [-0.39, 0.29) is 5.92 Å². The predicted octanol–water partition coefficient (Wildman–Crippen LogP) is 4.71. The third-order valence-electron chi connectivity index (χ3n) is 7.15. The van der Waals surface area contributed by atoms with Gasteiger partial charge in [-0.25, -0.2) is 4.98 Å². The van der Waals surface area contributed by atoms with Gasteiger partial charge in [-0.2, -0.15) is 11.3 Å². The molecule has 2 aromatic heterocycles. The van der Waals surface area contributed by atoms with E-state index in [0.29, 0.717) is 11.8 Å². The molecule has 0 saturated carbocycles. The number of aryl methyl sites for hydroxylation is 3. The molecule has 1 aliphatic carbocycles. The number of fused-ring (bicyclic) bond motifs is 1. The summed E-state index contributed by atoms with van der Waals surface area (Å²) < 4.78 is 7.87. The van der Waals surface area contributed by atoms with E-state index in [2.05, 4.69) is 44.6 Å². The fourth-order valence-corrected chi connectivity index (χ4v) is 6.03. The van der Waals surface area contributed by atoms with Crippen molar-refractivity contribution < 1.29 is 9.53 Å². The van der Waals surface area contributed by atoms with Gasteiger partial charge in [-0.05, 0) is 78.1 Å². The lowest BCUT2D eigenvalue weighted by atomic mass is 9.82. The van der Waals surface area contributed by atoms with Crippen LogP contribution in [-0.4, -0.2) is 40.6 Å². The van der Waals surface area contributed by atoms with Gasteiger partial charge in [-0.1, -0.05) is 12.1 Å². The second-order valence-electron chi connectivity index (χ2n) is 9.00. The zero-order chi connectivity index (χ0) is 21.9. The van der Waals surface area contributed by atoms with Crippen molar-refractivity contribution in [1.82, 2.24) is 14.5 Å². The zero-order valence-electron chi connectivity index (χ0n) is 18.7. The zero-order valence-corrected chi connectivity index (χ0v) is 19.5. The first kappa shape index (κ1) is 21.3. The number of methoxy groups -OCH3 is 1. The summed E-state index contributed by atoms with van der Waals surface area (Å²) in [7, 11) is 1.72. The largest absolute Gasteiger partial charge is 0.496 e. The number of thiophene rings is 1. The maximum Gasteiger partial charge on any atom is 0.226 e. The summed E-state index contributed by atoms with van der Waals surface area (Å²) >= 11 is 1.75. The molecule has 5 rings (SSSR count). The van der Waals surface area contributed by atoms with Gasteiger partial charge >= 0.3 is 0 Å². The molecule has 3 aromatic rings. The second kappa shape index (κ2) is 9.49. The number of hydrogen-bond donors (Lipinski definition) is 0. The number of ether oxygens (including phenoxy) is 1. The maximum atomic E-state index is 13.3. The van der Waals surface area contributed by atoms with E-state index < -0.39 is 0 Å². The summed E-state index contributed by atoms with van der Waals surface area (Å²) in [5.74, 6) is 2.93.